The molecule has 1 aliphatic carbocycles. The van der Waals surface area contributed by atoms with Gasteiger partial charge in [0.2, 0.25) is 0 Å². The quantitative estimate of drug-likeness (QED) is 0.167. The zero-order valence-corrected chi connectivity index (χ0v) is 29.8. The first-order chi connectivity index (χ1) is 26.7. The first-order valence-electron chi connectivity index (χ1n) is 18.7. The van der Waals surface area contributed by atoms with Gasteiger partial charge in [-0.2, -0.15) is 0 Å². The van der Waals surface area contributed by atoms with Gasteiger partial charge in [0.05, 0.1) is 16.8 Å². The summed E-state index contributed by atoms with van der Waals surface area (Å²) in [6, 6.07) is 70.4. The van der Waals surface area contributed by atoms with Crippen LogP contribution in [0.25, 0.3) is 65.7 Å². The molecule has 11 rings (SSSR count). The predicted octanol–water partition coefficient (Wildman–Crippen LogP) is 14.4. The standard InChI is InChI=1S/C52H35NO/c1-52(45-22-11-9-19-41(45)42-20-10-12-23-46(42)52)37-28-31-44-50(33-37)54-49-25-13-24-47(51(44)49)53(38-29-26-35(27-30-38)34-14-3-2-4-15-34)48-32-36-16-5-6-17-39(36)40-18-7-8-21-43(40)48/h2-33H,1H3. The lowest BCUT2D eigenvalue weighted by molar-refractivity contribution is 0.662. The van der Waals surface area contributed by atoms with Crippen LogP contribution in [0.3, 0.4) is 0 Å². The van der Waals surface area contributed by atoms with Crippen molar-refractivity contribution in [1.82, 2.24) is 0 Å². The fourth-order valence-corrected chi connectivity index (χ4v) is 9.13. The van der Waals surface area contributed by atoms with Crippen LogP contribution in [0.1, 0.15) is 23.6 Å². The predicted molar refractivity (Wildman–Crippen MR) is 226 cm³/mol. The monoisotopic (exact) mass is 689 g/mol. The minimum atomic E-state index is -0.306. The summed E-state index contributed by atoms with van der Waals surface area (Å²) in [4.78, 5) is 2.43. The van der Waals surface area contributed by atoms with Gasteiger partial charge in [-0.25, -0.2) is 0 Å². The van der Waals surface area contributed by atoms with E-state index >= 15 is 0 Å². The molecule has 0 bridgehead atoms. The molecule has 0 amide bonds. The lowest BCUT2D eigenvalue weighted by Gasteiger charge is -2.29. The van der Waals surface area contributed by atoms with E-state index in [-0.39, 0.29) is 5.41 Å². The van der Waals surface area contributed by atoms with Crippen molar-refractivity contribution in [3.63, 3.8) is 0 Å². The summed E-state index contributed by atoms with van der Waals surface area (Å²) in [6.07, 6.45) is 0. The summed E-state index contributed by atoms with van der Waals surface area (Å²) >= 11 is 0. The van der Waals surface area contributed by atoms with Gasteiger partial charge < -0.3 is 9.32 Å². The van der Waals surface area contributed by atoms with Crippen LogP contribution in [0.5, 0.6) is 0 Å². The van der Waals surface area contributed by atoms with Crippen LogP contribution in [0.15, 0.2) is 199 Å². The molecule has 0 unspecified atom stereocenters. The van der Waals surface area contributed by atoms with Crippen molar-refractivity contribution in [1.29, 1.82) is 0 Å². The van der Waals surface area contributed by atoms with E-state index in [9.17, 15) is 0 Å². The topological polar surface area (TPSA) is 16.4 Å². The average molecular weight is 690 g/mol. The fraction of sp³-hybridized carbons (Fsp3) is 0.0385. The summed E-state index contributed by atoms with van der Waals surface area (Å²) in [5.74, 6) is 0. The Morgan fingerprint density at radius 3 is 1.81 bits per heavy atom. The summed E-state index contributed by atoms with van der Waals surface area (Å²) < 4.78 is 6.84. The van der Waals surface area contributed by atoms with Crippen LogP contribution in [-0.4, -0.2) is 0 Å². The second-order valence-electron chi connectivity index (χ2n) is 14.6. The summed E-state index contributed by atoms with van der Waals surface area (Å²) in [6.45, 7) is 2.36. The number of furan rings is 1. The Morgan fingerprint density at radius 2 is 1.06 bits per heavy atom. The second-order valence-corrected chi connectivity index (χ2v) is 14.6. The van der Waals surface area contributed by atoms with Crippen molar-refractivity contribution in [3.8, 4) is 22.3 Å². The van der Waals surface area contributed by atoms with Crippen LogP contribution in [-0.2, 0) is 5.41 Å². The van der Waals surface area contributed by atoms with Crippen molar-refractivity contribution in [3.05, 3.63) is 211 Å². The number of nitrogens with zero attached hydrogens (tertiary/aromatic N) is 1. The fourth-order valence-electron chi connectivity index (χ4n) is 9.13. The highest BCUT2D eigenvalue weighted by molar-refractivity contribution is 6.18. The molecular weight excluding hydrogens is 655 g/mol. The molecule has 2 heteroatoms. The summed E-state index contributed by atoms with van der Waals surface area (Å²) in [7, 11) is 0. The van der Waals surface area contributed by atoms with Crippen LogP contribution in [0.2, 0.25) is 0 Å². The molecule has 9 aromatic carbocycles. The van der Waals surface area contributed by atoms with E-state index in [1.165, 1.54) is 60.5 Å². The Hall–Kier alpha value is -6.90. The summed E-state index contributed by atoms with van der Waals surface area (Å²) in [5.41, 5.74) is 13.6. The molecule has 1 aliphatic rings. The zero-order valence-electron chi connectivity index (χ0n) is 29.8. The van der Waals surface area contributed by atoms with Gasteiger partial charge in [-0.3, -0.25) is 0 Å². The Bertz CT molecular complexity index is 3020. The number of hydrogen-bond acceptors (Lipinski definition) is 2. The Kier molecular flexibility index (Phi) is 6.72. The second kappa shape index (κ2) is 11.8. The lowest BCUT2D eigenvalue weighted by atomic mass is 9.74. The molecule has 0 saturated carbocycles. The minimum absolute atomic E-state index is 0.306. The SMILES string of the molecule is CC1(c2ccc3c(c2)oc2cccc(N(c4ccc(-c5ccccc5)cc4)c4cc5ccccc5c5ccccc45)c23)c2ccccc2-c2ccccc21. The number of hydrogen-bond donors (Lipinski definition) is 0. The highest BCUT2D eigenvalue weighted by Crippen LogP contribution is 2.53. The molecule has 0 radical (unpaired) electrons. The van der Waals surface area contributed by atoms with E-state index in [0.717, 1.165) is 39.0 Å². The van der Waals surface area contributed by atoms with Crippen LogP contribution >= 0.6 is 0 Å². The molecule has 0 spiro atoms. The van der Waals surface area contributed by atoms with Crippen LogP contribution in [0, 0.1) is 0 Å². The average Bonchev–Trinajstić information content (AvgIpc) is 3.75. The van der Waals surface area contributed by atoms with Gasteiger partial charge >= 0.3 is 0 Å². The van der Waals surface area contributed by atoms with E-state index in [0.29, 0.717) is 0 Å². The molecule has 10 aromatic rings. The third-order valence-electron chi connectivity index (χ3n) is 11.7. The number of benzene rings is 9. The van der Waals surface area contributed by atoms with E-state index in [2.05, 4.69) is 206 Å². The maximum Gasteiger partial charge on any atom is 0.137 e. The van der Waals surface area contributed by atoms with E-state index in [4.69, 9.17) is 4.42 Å². The normalized spacial score (nSPS) is 13.1. The Balaban J connectivity index is 1.15. The molecule has 54 heavy (non-hydrogen) atoms. The van der Waals surface area contributed by atoms with Crippen molar-refractivity contribution in [2.75, 3.05) is 4.90 Å². The van der Waals surface area contributed by atoms with Gasteiger partial charge in [-0.15, -0.1) is 0 Å². The molecule has 0 saturated heterocycles. The van der Waals surface area contributed by atoms with Crippen molar-refractivity contribution >= 4 is 60.5 Å². The van der Waals surface area contributed by atoms with Crippen molar-refractivity contribution < 1.29 is 4.42 Å². The van der Waals surface area contributed by atoms with Gasteiger partial charge in [0, 0.05) is 21.9 Å². The van der Waals surface area contributed by atoms with Crippen LogP contribution < -0.4 is 4.90 Å². The highest BCUT2D eigenvalue weighted by atomic mass is 16.3. The minimum Gasteiger partial charge on any atom is -0.456 e. The van der Waals surface area contributed by atoms with Gasteiger partial charge in [-0.05, 0) is 98.4 Å². The maximum atomic E-state index is 6.84. The number of anilines is 3. The van der Waals surface area contributed by atoms with Gasteiger partial charge in [-0.1, -0.05) is 158 Å². The summed E-state index contributed by atoms with van der Waals surface area (Å²) in [5, 5.41) is 7.08. The molecular formula is C52H35NO. The molecule has 1 heterocycles. The van der Waals surface area contributed by atoms with Gasteiger partial charge in [0.15, 0.2) is 0 Å². The van der Waals surface area contributed by atoms with E-state index in [1.807, 2.05) is 0 Å². The van der Waals surface area contributed by atoms with E-state index in [1.54, 1.807) is 0 Å². The molecule has 1 aromatic heterocycles. The first-order valence-corrected chi connectivity index (χ1v) is 18.7. The smallest absolute Gasteiger partial charge is 0.137 e. The third kappa shape index (κ3) is 4.47. The third-order valence-corrected chi connectivity index (χ3v) is 11.7. The Labute approximate surface area is 314 Å². The highest BCUT2D eigenvalue weighted by Gasteiger charge is 2.40. The Morgan fingerprint density at radius 1 is 0.426 bits per heavy atom. The number of fused-ring (bicyclic) bond motifs is 9. The molecule has 0 atom stereocenters. The zero-order chi connectivity index (χ0) is 35.8. The largest absolute Gasteiger partial charge is 0.456 e. The molecule has 2 nitrogen and oxygen atoms in total. The van der Waals surface area contributed by atoms with Crippen LogP contribution in [0.4, 0.5) is 17.1 Å². The molecule has 0 aliphatic heterocycles. The van der Waals surface area contributed by atoms with Crippen molar-refractivity contribution in [2.24, 2.45) is 0 Å². The number of rotatable bonds is 5. The molecule has 0 fully saturated rings. The molecule has 254 valence electrons. The molecule has 0 N–H and O–H groups in total. The van der Waals surface area contributed by atoms with E-state index < -0.39 is 0 Å². The lowest BCUT2D eigenvalue weighted by Crippen LogP contribution is -2.22. The van der Waals surface area contributed by atoms with Gasteiger partial charge in [0.25, 0.3) is 0 Å². The van der Waals surface area contributed by atoms with Crippen molar-refractivity contribution in [2.45, 2.75) is 12.3 Å². The first kappa shape index (κ1) is 30.7. The van der Waals surface area contributed by atoms with Gasteiger partial charge in [0.1, 0.15) is 11.2 Å². The maximum absolute atomic E-state index is 6.84.